The van der Waals surface area contributed by atoms with E-state index in [-0.39, 0.29) is 22.5 Å². The third kappa shape index (κ3) is 2.34. The van der Waals surface area contributed by atoms with Crippen LogP contribution in [0, 0.1) is 0 Å². The number of fused-ring (bicyclic) bond motifs is 4. The zero-order valence-electron chi connectivity index (χ0n) is 15.1. The first kappa shape index (κ1) is 17.0. The van der Waals surface area contributed by atoms with E-state index in [0.717, 1.165) is 4.68 Å². The minimum atomic E-state index is -0.602. The van der Waals surface area contributed by atoms with Gasteiger partial charge in [-0.3, -0.25) is 9.59 Å². The van der Waals surface area contributed by atoms with Crippen LogP contribution in [0.3, 0.4) is 0 Å². The van der Waals surface area contributed by atoms with E-state index in [4.69, 9.17) is 0 Å². The van der Waals surface area contributed by atoms with Crippen molar-refractivity contribution in [2.75, 3.05) is 0 Å². The molecule has 5 rings (SSSR count). The van der Waals surface area contributed by atoms with E-state index < -0.39 is 11.5 Å². The van der Waals surface area contributed by atoms with Gasteiger partial charge >= 0.3 is 0 Å². The van der Waals surface area contributed by atoms with Crippen molar-refractivity contribution >= 4 is 16.6 Å². The third-order valence-electron chi connectivity index (χ3n) is 5.25. The predicted molar refractivity (Wildman–Crippen MR) is 108 cm³/mol. The number of hydrogen-bond acceptors (Lipinski definition) is 5. The zero-order chi connectivity index (χ0) is 20.1. The van der Waals surface area contributed by atoms with Crippen LogP contribution in [-0.2, 0) is 0 Å². The molecule has 142 valence electrons. The summed E-state index contributed by atoms with van der Waals surface area (Å²) in [6, 6.07) is 20.2. The fourth-order valence-corrected chi connectivity index (χ4v) is 3.97. The van der Waals surface area contributed by atoms with Crippen LogP contribution >= 0.6 is 0 Å². The SMILES string of the molecule is O=c1c2ccccc2c(=O)n2n1/C(=N/O)C(c1ccc(O)cc1)c1ccccc1-2. The maximum absolute atomic E-state index is 13.3. The second-order valence-electron chi connectivity index (χ2n) is 6.82. The van der Waals surface area contributed by atoms with Gasteiger partial charge in [-0.1, -0.05) is 47.6 Å². The van der Waals surface area contributed by atoms with Gasteiger partial charge in [-0.05, 0) is 41.5 Å². The van der Waals surface area contributed by atoms with Gasteiger partial charge in [-0.15, -0.1) is 0 Å². The first-order chi connectivity index (χ1) is 14.1. The van der Waals surface area contributed by atoms with E-state index in [1.165, 1.54) is 16.8 Å². The summed E-state index contributed by atoms with van der Waals surface area (Å²) in [4.78, 5) is 26.6. The summed E-state index contributed by atoms with van der Waals surface area (Å²) in [7, 11) is 0. The van der Waals surface area contributed by atoms with Gasteiger partial charge in [-0.2, -0.15) is 4.68 Å². The Kier molecular flexibility index (Phi) is 3.64. The average molecular weight is 385 g/mol. The second kappa shape index (κ2) is 6.20. The molecule has 2 N–H and O–H groups in total. The van der Waals surface area contributed by atoms with E-state index in [1.807, 2.05) is 12.1 Å². The average Bonchev–Trinajstić information content (AvgIpc) is 2.76. The third-order valence-corrected chi connectivity index (χ3v) is 5.25. The Labute approximate surface area is 164 Å². The fourth-order valence-electron chi connectivity index (χ4n) is 3.97. The molecule has 0 radical (unpaired) electrons. The molecule has 1 aliphatic rings. The number of para-hydroxylation sites is 1. The van der Waals surface area contributed by atoms with Crippen molar-refractivity contribution in [1.29, 1.82) is 0 Å². The summed E-state index contributed by atoms with van der Waals surface area (Å²) in [6.45, 7) is 0. The van der Waals surface area contributed by atoms with E-state index >= 15 is 0 Å². The Morgan fingerprint density at radius 1 is 0.759 bits per heavy atom. The molecular formula is C22H15N3O4. The molecule has 7 nitrogen and oxygen atoms in total. The van der Waals surface area contributed by atoms with E-state index in [1.54, 1.807) is 48.5 Å². The van der Waals surface area contributed by atoms with E-state index in [0.29, 0.717) is 22.2 Å². The van der Waals surface area contributed by atoms with Crippen molar-refractivity contribution < 1.29 is 10.3 Å². The van der Waals surface area contributed by atoms with Crippen LogP contribution in [0.15, 0.2) is 87.5 Å². The first-order valence-corrected chi connectivity index (χ1v) is 8.99. The lowest BCUT2D eigenvalue weighted by Gasteiger charge is -2.31. The van der Waals surface area contributed by atoms with Gasteiger partial charge in [0.15, 0.2) is 5.84 Å². The Balaban J connectivity index is 1.95. The predicted octanol–water partition coefficient (Wildman–Crippen LogP) is 2.64. The van der Waals surface area contributed by atoms with Crippen LogP contribution in [-0.4, -0.2) is 25.5 Å². The lowest BCUT2D eigenvalue weighted by molar-refractivity contribution is 0.312. The molecule has 0 aliphatic carbocycles. The molecule has 0 spiro atoms. The van der Waals surface area contributed by atoms with Crippen LogP contribution < -0.4 is 11.1 Å². The molecule has 3 aromatic carbocycles. The number of hydrogen-bond donors (Lipinski definition) is 2. The van der Waals surface area contributed by atoms with Crippen molar-refractivity contribution in [2.45, 2.75) is 5.92 Å². The summed E-state index contributed by atoms with van der Waals surface area (Å²) in [6.07, 6.45) is 0. The van der Waals surface area contributed by atoms with Gasteiger partial charge in [0.1, 0.15) is 5.75 Å². The minimum Gasteiger partial charge on any atom is -0.508 e. The lowest BCUT2D eigenvalue weighted by atomic mass is 9.87. The lowest BCUT2D eigenvalue weighted by Crippen LogP contribution is -2.47. The highest BCUT2D eigenvalue weighted by Crippen LogP contribution is 2.34. The maximum atomic E-state index is 13.3. The molecule has 4 aromatic rings. The quantitative estimate of drug-likeness (QED) is 0.389. The molecule has 0 amide bonds. The first-order valence-electron chi connectivity index (χ1n) is 8.99. The number of oxime groups is 1. The number of phenolic OH excluding ortho intramolecular Hbond substituents is 1. The number of phenols is 1. The molecule has 7 heteroatoms. The van der Waals surface area contributed by atoms with Gasteiger partial charge < -0.3 is 10.3 Å². The summed E-state index contributed by atoms with van der Waals surface area (Å²) in [5.41, 5.74) is 1.12. The van der Waals surface area contributed by atoms with Gasteiger partial charge in [0.25, 0.3) is 11.1 Å². The van der Waals surface area contributed by atoms with Crippen LogP contribution in [0.25, 0.3) is 16.5 Å². The number of benzene rings is 3. The molecule has 29 heavy (non-hydrogen) atoms. The molecule has 0 saturated carbocycles. The fraction of sp³-hybridized carbons (Fsp3) is 0.0455. The molecule has 0 fully saturated rings. The van der Waals surface area contributed by atoms with Crippen LogP contribution in [0.4, 0.5) is 0 Å². The summed E-state index contributed by atoms with van der Waals surface area (Å²) in [5, 5.41) is 23.5. The number of aromatic nitrogens is 2. The Morgan fingerprint density at radius 3 is 2.00 bits per heavy atom. The standard InChI is InChI=1S/C22H15N3O4/c26-14-11-9-13(10-12-14)19-17-7-3-4-8-18(17)24-21(27)15-5-1-2-6-16(15)22(28)25(24)20(19)23-29/h1-12,19,26,29H/b23-20+. The van der Waals surface area contributed by atoms with Crippen molar-refractivity contribution in [3.8, 4) is 11.4 Å². The van der Waals surface area contributed by atoms with Gasteiger partial charge in [0, 0.05) is 0 Å². The molecule has 0 saturated heterocycles. The molecule has 1 unspecified atom stereocenters. The number of rotatable bonds is 1. The molecule has 1 atom stereocenters. The second-order valence-corrected chi connectivity index (χ2v) is 6.82. The molecular weight excluding hydrogens is 370 g/mol. The smallest absolute Gasteiger partial charge is 0.279 e. The van der Waals surface area contributed by atoms with Crippen LogP contribution in [0.2, 0.25) is 0 Å². The van der Waals surface area contributed by atoms with Gasteiger partial charge in [0.2, 0.25) is 0 Å². The number of aromatic hydroxyl groups is 1. The monoisotopic (exact) mass is 385 g/mol. The van der Waals surface area contributed by atoms with Gasteiger partial charge in [0.05, 0.1) is 22.4 Å². The number of nitrogens with zero attached hydrogens (tertiary/aromatic N) is 3. The Morgan fingerprint density at radius 2 is 1.34 bits per heavy atom. The largest absolute Gasteiger partial charge is 0.508 e. The topological polar surface area (TPSA) is 96.8 Å². The summed E-state index contributed by atoms with van der Waals surface area (Å²) >= 11 is 0. The van der Waals surface area contributed by atoms with Crippen LogP contribution in [0.1, 0.15) is 17.0 Å². The zero-order valence-corrected chi connectivity index (χ0v) is 15.1. The Bertz CT molecular complexity index is 1410. The highest BCUT2D eigenvalue weighted by Gasteiger charge is 2.34. The normalized spacial score (nSPS) is 16.6. The summed E-state index contributed by atoms with van der Waals surface area (Å²) in [5.74, 6) is -0.489. The van der Waals surface area contributed by atoms with Crippen molar-refractivity contribution in [2.24, 2.45) is 5.16 Å². The van der Waals surface area contributed by atoms with E-state index in [9.17, 15) is 19.9 Å². The molecule has 2 heterocycles. The highest BCUT2D eigenvalue weighted by molar-refractivity contribution is 5.97. The molecule has 1 aromatic heterocycles. The maximum Gasteiger partial charge on any atom is 0.279 e. The van der Waals surface area contributed by atoms with Crippen LogP contribution in [0.5, 0.6) is 5.75 Å². The van der Waals surface area contributed by atoms with Crippen molar-refractivity contribution in [1.82, 2.24) is 9.36 Å². The van der Waals surface area contributed by atoms with E-state index in [2.05, 4.69) is 5.16 Å². The summed E-state index contributed by atoms with van der Waals surface area (Å²) < 4.78 is 2.39. The van der Waals surface area contributed by atoms with Crippen molar-refractivity contribution in [3.63, 3.8) is 0 Å². The van der Waals surface area contributed by atoms with Crippen molar-refractivity contribution in [3.05, 3.63) is 105 Å². The molecule has 0 bridgehead atoms. The molecule has 1 aliphatic heterocycles. The van der Waals surface area contributed by atoms with Gasteiger partial charge in [-0.25, -0.2) is 4.68 Å². The minimum absolute atomic E-state index is 0.0160. The highest BCUT2D eigenvalue weighted by atomic mass is 16.4. The Hall–Kier alpha value is -4.13.